The minimum Gasteiger partial charge on any atom is -0.480 e. The fraction of sp³-hybridized carbons (Fsp3) is 0.636. The van der Waals surface area contributed by atoms with Crippen LogP contribution in [0.1, 0.15) is 22.0 Å². The largest absolute Gasteiger partial charge is 0.480 e. The maximum absolute atomic E-state index is 11.0. The summed E-state index contributed by atoms with van der Waals surface area (Å²) >= 11 is 1.67. The van der Waals surface area contributed by atoms with E-state index < -0.39 is 11.5 Å². The molecular formula is C11H17N3O2S. The lowest BCUT2D eigenvalue weighted by atomic mass is 10.0. The lowest BCUT2D eigenvalue weighted by Gasteiger charge is -2.19. The zero-order valence-electron chi connectivity index (χ0n) is 10.1. The van der Waals surface area contributed by atoms with Gasteiger partial charge < -0.3 is 10.8 Å². The van der Waals surface area contributed by atoms with Crippen LogP contribution < -0.4 is 5.73 Å². The van der Waals surface area contributed by atoms with Gasteiger partial charge in [-0.1, -0.05) is 0 Å². The molecule has 1 unspecified atom stereocenters. The van der Waals surface area contributed by atoms with Crippen molar-refractivity contribution in [2.75, 3.05) is 13.1 Å². The van der Waals surface area contributed by atoms with Crippen LogP contribution in [0.2, 0.25) is 0 Å². The summed E-state index contributed by atoms with van der Waals surface area (Å²) in [5.74, 6) is -0.911. The molecule has 1 fully saturated rings. The van der Waals surface area contributed by atoms with Crippen molar-refractivity contribution in [2.24, 2.45) is 5.73 Å². The van der Waals surface area contributed by atoms with Crippen LogP contribution in [0.3, 0.4) is 0 Å². The van der Waals surface area contributed by atoms with E-state index in [0.29, 0.717) is 19.5 Å². The molecule has 0 radical (unpaired) electrons. The van der Waals surface area contributed by atoms with E-state index in [9.17, 15) is 4.79 Å². The summed E-state index contributed by atoms with van der Waals surface area (Å²) in [4.78, 5) is 18.8. The molecule has 0 aromatic carbocycles. The summed E-state index contributed by atoms with van der Waals surface area (Å²) in [6.45, 7) is 5.86. The number of aromatic nitrogens is 1. The molecule has 5 nitrogen and oxygen atoms in total. The van der Waals surface area contributed by atoms with Gasteiger partial charge in [-0.3, -0.25) is 9.69 Å². The highest BCUT2D eigenvalue weighted by atomic mass is 32.1. The summed E-state index contributed by atoms with van der Waals surface area (Å²) in [5, 5.41) is 10.1. The molecule has 0 spiro atoms. The molecule has 2 heterocycles. The number of aliphatic carboxylic acids is 1. The first kappa shape index (κ1) is 12.5. The van der Waals surface area contributed by atoms with Crippen LogP contribution in [0.4, 0.5) is 0 Å². The number of nitrogens with zero attached hydrogens (tertiary/aromatic N) is 2. The van der Waals surface area contributed by atoms with Gasteiger partial charge in [0.2, 0.25) is 0 Å². The minimum atomic E-state index is -1.08. The first-order valence-electron chi connectivity index (χ1n) is 5.58. The molecule has 2 rings (SSSR count). The van der Waals surface area contributed by atoms with Crippen LogP contribution >= 0.6 is 11.3 Å². The van der Waals surface area contributed by atoms with E-state index in [1.54, 1.807) is 11.3 Å². The Bertz CT molecular complexity index is 426. The van der Waals surface area contributed by atoms with Crippen molar-refractivity contribution in [3.05, 3.63) is 15.6 Å². The Morgan fingerprint density at radius 2 is 2.35 bits per heavy atom. The molecule has 1 aromatic heterocycles. The van der Waals surface area contributed by atoms with Gasteiger partial charge in [0.05, 0.1) is 12.2 Å². The summed E-state index contributed by atoms with van der Waals surface area (Å²) in [6.07, 6.45) is 0.506. The van der Waals surface area contributed by atoms with Crippen molar-refractivity contribution in [1.29, 1.82) is 0 Å². The highest BCUT2D eigenvalue weighted by molar-refractivity contribution is 7.11. The van der Waals surface area contributed by atoms with Crippen LogP contribution in [-0.4, -0.2) is 39.6 Å². The number of rotatable bonds is 3. The number of likely N-dealkylation sites (tertiary alicyclic amines) is 1. The van der Waals surface area contributed by atoms with Crippen molar-refractivity contribution in [3.63, 3.8) is 0 Å². The Morgan fingerprint density at radius 3 is 2.82 bits per heavy atom. The van der Waals surface area contributed by atoms with Gasteiger partial charge in [-0.25, -0.2) is 4.98 Å². The number of aryl methyl sites for hydroxylation is 2. The van der Waals surface area contributed by atoms with E-state index in [1.165, 1.54) is 4.88 Å². The van der Waals surface area contributed by atoms with Crippen LogP contribution in [0.15, 0.2) is 0 Å². The first-order valence-corrected chi connectivity index (χ1v) is 6.40. The zero-order valence-corrected chi connectivity index (χ0v) is 10.9. The van der Waals surface area contributed by atoms with Crippen molar-refractivity contribution < 1.29 is 9.90 Å². The van der Waals surface area contributed by atoms with Gasteiger partial charge in [0.15, 0.2) is 0 Å². The topological polar surface area (TPSA) is 79.5 Å². The van der Waals surface area contributed by atoms with Crippen molar-refractivity contribution in [2.45, 2.75) is 32.4 Å². The molecule has 1 aromatic rings. The normalized spacial score (nSPS) is 25.4. The molecule has 17 heavy (non-hydrogen) atoms. The second-order valence-electron chi connectivity index (χ2n) is 4.67. The SMILES string of the molecule is Cc1nc(CN2CCC(N)(C(=O)O)C2)sc1C. The average molecular weight is 255 g/mol. The zero-order chi connectivity index (χ0) is 12.6. The number of carbonyl (C=O) groups is 1. The number of carboxylic acid groups (broad SMARTS) is 1. The smallest absolute Gasteiger partial charge is 0.325 e. The molecule has 1 saturated heterocycles. The van der Waals surface area contributed by atoms with Gasteiger partial charge in [-0.05, 0) is 20.3 Å². The molecule has 94 valence electrons. The van der Waals surface area contributed by atoms with E-state index in [-0.39, 0.29) is 0 Å². The number of carboxylic acids is 1. The molecule has 1 atom stereocenters. The molecule has 6 heteroatoms. The summed E-state index contributed by atoms with van der Waals surface area (Å²) in [6, 6.07) is 0. The van der Waals surface area contributed by atoms with Crippen molar-refractivity contribution in [1.82, 2.24) is 9.88 Å². The van der Waals surface area contributed by atoms with Crippen LogP contribution in [-0.2, 0) is 11.3 Å². The number of hydrogen-bond donors (Lipinski definition) is 2. The number of hydrogen-bond acceptors (Lipinski definition) is 5. The second kappa shape index (κ2) is 4.36. The number of nitrogens with two attached hydrogens (primary N) is 1. The molecule has 0 amide bonds. The lowest BCUT2D eigenvalue weighted by Crippen LogP contribution is -2.50. The van der Waals surface area contributed by atoms with E-state index in [0.717, 1.165) is 17.2 Å². The van der Waals surface area contributed by atoms with Crippen LogP contribution in [0.25, 0.3) is 0 Å². The number of thiazole rings is 1. The minimum absolute atomic E-state index is 0.403. The van der Waals surface area contributed by atoms with Gasteiger partial charge in [-0.15, -0.1) is 11.3 Å². The van der Waals surface area contributed by atoms with Crippen LogP contribution in [0, 0.1) is 13.8 Å². The quantitative estimate of drug-likeness (QED) is 0.833. The predicted molar refractivity (Wildman–Crippen MR) is 66.0 cm³/mol. The van der Waals surface area contributed by atoms with E-state index in [2.05, 4.69) is 9.88 Å². The molecule has 0 bridgehead atoms. The van der Waals surface area contributed by atoms with Gasteiger partial charge in [0.1, 0.15) is 10.5 Å². The fourth-order valence-corrected chi connectivity index (χ4v) is 3.00. The van der Waals surface area contributed by atoms with E-state index in [4.69, 9.17) is 10.8 Å². The predicted octanol–water partition coefficient (Wildman–Crippen LogP) is 0.748. The first-order chi connectivity index (χ1) is 7.90. The molecule has 0 saturated carbocycles. The molecule has 1 aliphatic rings. The Labute approximate surface area is 104 Å². The third-order valence-corrected chi connectivity index (χ3v) is 4.30. The van der Waals surface area contributed by atoms with Gasteiger partial charge in [0, 0.05) is 18.0 Å². The summed E-state index contributed by atoms with van der Waals surface area (Å²) in [7, 11) is 0. The fourth-order valence-electron chi connectivity index (χ4n) is 2.02. The molecular weight excluding hydrogens is 238 g/mol. The molecule has 0 aliphatic carbocycles. The maximum atomic E-state index is 11.0. The molecule has 1 aliphatic heterocycles. The van der Waals surface area contributed by atoms with Gasteiger partial charge in [-0.2, -0.15) is 0 Å². The second-order valence-corrected chi connectivity index (χ2v) is 5.96. The standard InChI is InChI=1S/C11H17N3O2S/c1-7-8(2)17-9(13-7)5-14-4-3-11(12,6-14)10(15)16/h3-6,12H2,1-2H3,(H,15,16). The summed E-state index contributed by atoms with van der Waals surface area (Å²) < 4.78 is 0. The van der Waals surface area contributed by atoms with Crippen LogP contribution in [0.5, 0.6) is 0 Å². The Kier molecular flexibility index (Phi) is 3.20. The third kappa shape index (κ3) is 2.48. The maximum Gasteiger partial charge on any atom is 0.325 e. The van der Waals surface area contributed by atoms with E-state index in [1.807, 2.05) is 13.8 Å². The van der Waals surface area contributed by atoms with Gasteiger partial charge in [0.25, 0.3) is 0 Å². The monoisotopic (exact) mass is 255 g/mol. The Balaban J connectivity index is 2.01. The van der Waals surface area contributed by atoms with Crippen molar-refractivity contribution in [3.8, 4) is 0 Å². The highest BCUT2D eigenvalue weighted by Crippen LogP contribution is 2.23. The molecule has 3 N–H and O–H groups in total. The highest BCUT2D eigenvalue weighted by Gasteiger charge is 2.41. The Hall–Kier alpha value is -0.980. The van der Waals surface area contributed by atoms with Gasteiger partial charge >= 0.3 is 5.97 Å². The third-order valence-electron chi connectivity index (χ3n) is 3.24. The van der Waals surface area contributed by atoms with E-state index >= 15 is 0 Å². The van der Waals surface area contributed by atoms with Crippen molar-refractivity contribution >= 4 is 17.3 Å². The lowest BCUT2D eigenvalue weighted by molar-refractivity contribution is -0.142. The summed E-state index contributed by atoms with van der Waals surface area (Å²) in [5.41, 5.74) is 5.80. The average Bonchev–Trinajstić information content (AvgIpc) is 2.74. The Morgan fingerprint density at radius 1 is 1.65 bits per heavy atom.